The molecule has 2 aromatic carbocycles. The summed E-state index contributed by atoms with van der Waals surface area (Å²) in [6.45, 7) is 8.23. The molecule has 1 spiro atoms. The van der Waals surface area contributed by atoms with Crippen molar-refractivity contribution in [3.8, 4) is 0 Å². The maximum Gasteiger partial charge on any atom is 0.412 e. The number of hydrogen-bond acceptors (Lipinski definition) is 16. The second-order valence-corrected chi connectivity index (χ2v) is 22.7. The lowest BCUT2D eigenvalue weighted by molar-refractivity contribution is -0.363. The van der Waals surface area contributed by atoms with Gasteiger partial charge in [0, 0.05) is 24.7 Å². The van der Waals surface area contributed by atoms with Gasteiger partial charge in [-0.2, -0.15) is 0 Å². The average molecular weight is 1030 g/mol. The number of hydrogen-bond donors (Lipinski definition) is 7. The van der Waals surface area contributed by atoms with Crippen molar-refractivity contribution in [2.75, 3.05) is 30.5 Å². The zero-order valence-electron chi connectivity index (χ0n) is 41.6. The summed E-state index contributed by atoms with van der Waals surface area (Å²) in [4.78, 5) is 40.4. The minimum Gasteiger partial charge on any atom is -0.446 e. The molecule has 4 saturated carbocycles. The zero-order valence-corrected chi connectivity index (χ0v) is 41.6. The molecule has 8 fully saturated rings. The average Bonchev–Trinajstić information content (AvgIpc) is 3.80. The fraction of sp³-hybridized carbons (Fsp3) is 0.717. The number of benzene rings is 2. The molecule has 2 amide bonds. The number of anilines is 2. The number of para-hydroxylation sites is 2. The fourth-order valence-corrected chi connectivity index (χ4v) is 14.8. The summed E-state index contributed by atoms with van der Waals surface area (Å²) < 4.78 is 77.1. The third-order valence-corrected chi connectivity index (χ3v) is 18.5. The third kappa shape index (κ3) is 9.59. The van der Waals surface area contributed by atoms with Gasteiger partial charge in [0.1, 0.15) is 66.8 Å². The summed E-state index contributed by atoms with van der Waals surface area (Å²) in [6, 6.07) is 10.4. The Balaban J connectivity index is 0.775. The number of nitrogens with one attached hydrogen (secondary N) is 2. The monoisotopic (exact) mass is 1030 g/mol. The van der Waals surface area contributed by atoms with Gasteiger partial charge < -0.3 is 63.4 Å². The Morgan fingerprint density at radius 1 is 0.767 bits per heavy atom. The van der Waals surface area contributed by atoms with E-state index in [0.29, 0.717) is 49.9 Å². The number of Topliss-reactive ketones (excluding diaryl/α,β-unsaturated/α-hetero) is 1. The van der Waals surface area contributed by atoms with E-state index in [-0.39, 0.29) is 57.9 Å². The van der Waals surface area contributed by atoms with Gasteiger partial charge in [0.25, 0.3) is 0 Å². The van der Waals surface area contributed by atoms with E-state index < -0.39 is 110 Å². The molecule has 7 N–H and O–H groups in total. The van der Waals surface area contributed by atoms with Crippen molar-refractivity contribution in [3.63, 3.8) is 0 Å². The van der Waals surface area contributed by atoms with Crippen molar-refractivity contribution in [3.05, 3.63) is 60.2 Å². The third-order valence-electron chi connectivity index (χ3n) is 18.5. The second kappa shape index (κ2) is 20.5. The minimum atomic E-state index is -2.04. The molecule has 10 rings (SSSR count). The molecule has 73 heavy (non-hydrogen) atoms. The van der Waals surface area contributed by atoms with Crippen molar-refractivity contribution >= 4 is 29.3 Å². The van der Waals surface area contributed by atoms with Gasteiger partial charge in [-0.05, 0) is 110 Å². The summed E-state index contributed by atoms with van der Waals surface area (Å²) in [6.07, 6.45) is -13.1. The van der Waals surface area contributed by atoms with Crippen LogP contribution in [-0.2, 0) is 42.7 Å². The highest BCUT2D eigenvalue weighted by Crippen LogP contribution is 2.70. The van der Waals surface area contributed by atoms with Gasteiger partial charge in [-0.15, -0.1) is 0 Å². The van der Waals surface area contributed by atoms with Gasteiger partial charge in [0.15, 0.2) is 24.5 Å². The van der Waals surface area contributed by atoms with Crippen LogP contribution >= 0.6 is 0 Å². The predicted octanol–water partition coefficient (Wildman–Crippen LogP) is 5.41. The number of amides is 2. The number of aliphatic hydroxyl groups excluding tert-OH is 5. The summed E-state index contributed by atoms with van der Waals surface area (Å²) in [5, 5.41) is 60.8. The van der Waals surface area contributed by atoms with Crippen LogP contribution in [0, 0.1) is 63.9 Å². The largest absolute Gasteiger partial charge is 0.446 e. The normalized spacial score (nSPS) is 45.1. The molecule has 4 aliphatic heterocycles. The van der Waals surface area contributed by atoms with E-state index in [1.54, 1.807) is 0 Å². The molecule has 4 heterocycles. The quantitative estimate of drug-likeness (QED) is 0.147. The number of halogens is 2. The van der Waals surface area contributed by atoms with Crippen LogP contribution in [0.25, 0.3) is 0 Å². The Morgan fingerprint density at radius 2 is 1.41 bits per heavy atom. The molecule has 402 valence electrons. The first-order valence-electron chi connectivity index (χ1n) is 26.0. The molecule has 2 aromatic rings. The molecule has 0 bridgehead atoms. The van der Waals surface area contributed by atoms with Gasteiger partial charge >= 0.3 is 12.2 Å². The smallest absolute Gasteiger partial charge is 0.412 e. The first kappa shape index (κ1) is 52.5. The molecule has 8 aliphatic rings. The van der Waals surface area contributed by atoms with Gasteiger partial charge in [0.2, 0.25) is 0 Å². The number of aliphatic hydroxyl groups is 5. The molecular formula is C53H70F2N2O16. The minimum absolute atomic E-state index is 0.0725. The maximum absolute atomic E-state index is 14.7. The molecule has 4 saturated heterocycles. The van der Waals surface area contributed by atoms with Crippen molar-refractivity contribution in [1.82, 2.24) is 0 Å². The van der Waals surface area contributed by atoms with Gasteiger partial charge in [-0.25, -0.2) is 18.4 Å². The Labute approximate surface area is 422 Å². The molecule has 18 nitrogen and oxygen atoms in total. The van der Waals surface area contributed by atoms with Crippen LogP contribution in [0.4, 0.5) is 29.7 Å². The van der Waals surface area contributed by atoms with Crippen LogP contribution in [0.1, 0.15) is 85.5 Å². The molecule has 4 aliphatic carbocycles. The highest BCUT2D eigenvalue weighted by molar-refractivity contribution is 5.86. The van der Waals surface area contributed by atoms with Crippen LogP contribution in [0.2, 0.25) is 0 Å². The second-order valence-electron chi connectivity index (χ2n) is 22.7. The van der Waals surface area contributed by atoms with Crippen molar-refractivity contribution in [1.29, 1.82) is 0 Å². The lowest BCUT2D eigenvalue weighted by Gasteiger charge is -2.60. The lowest BCUT2D eigenvalue weighted by atomic mass is 9.44. The standard InChI is InChI=1S/C53H70F2N2O16/c1-25-15-18-53(67-23-25)26(2)39-36(73-53)20-30-29-14-13-27-19-28(16-17-51(27,3)40(29)35(59)21-52(30,39)4)68-47-43(62)41(60)45(37(22-58)69-47)71-48-44(63)42(61)46(72-50(65)57-34-12-8-6-10-32(34)55)38(70-48)24-66-49(64)56-33-11-7-5-9-31(33)54/h5-12,25-30,36-48,58,60-63H,13-24H2,1-4H3,(H,56,64)(H,57,65)/t25?,26-,27-,28-,29-,30-,36-,37-,38-,39-,40+,41+,42+,43-,44-,45+,46+,47+,48-,51-,52-,53+/m0/s1. The van der Waals surface area contributed by atoms with E-state index in [1.807, 2.05) is 0 Å². The van der Waals surface area contributed by atoms with E-state index in [2.05, 4.69) is 38.3 Å². The molecule has 22 atom stereocenters. The fourth-order valence-electron chi connectivity index (χ4n) is 14.8. The van der Waals surface area contributed by atoms with Crippen LogP contribution in [0.15, 0.2) is 48.5 Å². The summed E-state index contributed by atoms with van der Waals surface area (Å²) in [5.41, 5.74) is -0.922. The first-order valence-corrected chi connectivity index (χ1v) is 26.0. The maximum atomic E-state index is 14.7. The van der Waals surface area contributed by atoms with Crippen molar-refractivity contribution in [2.45, 2.75) is 165 Å². The van der Waals surface area contributed by atoms with Crippen molar-refractivity contribution < 1.29 is 86.6 Å². The van der Waals surface area contributed by atoms with E-state index in [4.69, 9.17) is 37.9 Å². The van der Waals surface area contributed by atoms with Crippen LogP contribution in [0.3, 0.4) is 0 Å². The SMILES string of the molecule is CC1CC[C@@]2(OC1)O[C@H]1C[C@H]3[C@@H]4CC[C@H]5C[C@@H](O[C@@H]6O[C@@H](CO)[C@@H](O[C@@H]7O[C@@H](COC(=O)Nc8ccccc8F)[C@@H](OC(=O)Nc8ccccc8F)[C@H](O)[C@@H]7O)[C@H](O)[C@@H]6O)CC[C@]5(C)[C@H]4C(=O)C[C@]3(C)[C@H]1[C@@H]2C. The number of carbonyl (C=O) groups is 3. The number of ether oxygens (including phenoxy) is 8. The Bertz CT molecular complexity index is 2340. The van der Waals surface area contributed by atoms with Gasteiger partial charge in [-0.3, -0.25) is 15.4 Å². The Kier molecular flexibility index (Phi) is 14.8. The zero-order chi connectivity index (χ0) is 51.7. The van der Waals surface area contributed by atoms with Gasteiger partial charge in [-0.1, -0.05) is 52.0 Å². The summed E-state index contributed by atoms with van der Waals surface area (Å²) >= 11 is 0. The summed E-state index contributed by atoms with van der Waals surface area (Å²) in [5.74, 6) is -0.159. The van der Waals surface area contributed by atoms with E-state index in [9.17, 15) is 48.7 Å². The van der Waals surface area contributed by atoms with Crippen molar-refractivity contribution in [2.24, 2.45) is 52.3 Å². The molecular weight excluding hydrogens is 959 g/mol. The molecule has 20 heteroatoms. The number of fused-ring (bicyclic) bond motifs is 7. The lowest BCUT2D eigenvalue weighted by Crippen LogP contribution is -2.65. The Hall–Kier alpha value is -3.93. The topological polar surface area (TPSA) is 250 Å². The highest BCUT2D eigenvalue weighted by Gasteiger charge is 2.71. The predicted molar refractivity (Wildman–Crippen MR) is 252 cm³/mol. The number of carbonyl (C=O) groups excluding carboxylic acids is 3. The summed E-state index contributed by atoms with van der Waals surface area (Å²) in [7, 11) is 0. The first-order chi connectivity index (χ1) is 34.8. The molecule has 0 radical (unpaired) electrons. The van der Waals surface area contributed by atoms with E-state index >= 15 is 0 Å². The number of ketones is 1. The van der Waals surface area contributed by atoms with E-state index in [0.717, 1.165) is 44.2 Å². The Morgan fingerprint density at radius 3 is 2.07 bits per heavy atom. The van der Waals surface area contributed by atoms with Gasteiger partial charge in [0.05, 0.1) is 36.8 Å². The molecule has 1 unspecified atom stereocenters. The van der Waals surface area contributed by atoms with E-state index in [1.165, 1.54) is 36.4 Å². The van der Waals surface area contributed by atoms with Crippen LogP contribution < -0.4 is 10.6 Å². The highest BCUT2D eigenvalue weighted by atomic mass is 19.1. The molecule has 0 aromatic heterocycles. The number of rotatable bonds is 10. The van der Waals surface area contributed by atoms with Crippen LogP contribution in [0.5, 0.6) is 0 Å². The van der Waals surface area contributed by atoms with Crippen LogP contribution in [-0.4, -0.2) is 143 Å².